The van der Waals surface area contributed by atoms with Gasteiger partial charge in [0.15, 0.2) is 36.9 Å². The highest BCUT2D eigenvalue weighted by atomic mass is 16.6. The Kier molecular flexibility index (Phi) is 15.1. The molecule has 2 aromatic rings. The predicted octanol–water partition coefficient (Wildman–Crippen LogP) is -12.0. The first-order valence-electron chi connectivity index (χ1n) is 19.0. The number of nitrogens with zero attached hydrogens (tertiary/aromatic N) is 6. The predicted molar refractivity (Wildman–Crippen MR) is 189 cm³/mol. The van der Waals surface area contributed by atoms with Gasteiger partial charge in [0.1, 0.15) is 84.5 Å². The molecule has 62 heavy (non-hydrogen) atoms. The molecule has 16 N–H and O–H groups in total. The lowest BCUT2D eigenvalue weighted by Gasteiger charge is -2.40. The molecule has 0 bridgehead atoms. The summed E-state index contributed by atoms with van der Waals surface area (Å²) in [5, 5.41) is 144. The SMILES string of the molecule is O=C(NCc1cn([C@H]2CO[C@H]3[C@@H]2OC[C@@H]3n2cc(CNC(=O)[C@H](O)[C@@H](O)C(=O)N[C@@H]3O[C@H](CO)[C@H](O)[C@H](O)[C@H]3O)nn2)nn1)[C@H](O)[C@@H](O)C(=O)N[C@@H]1O[C@H](CO)[C@H](O)[C@H](O)[C@H]1O. The number of hydrogen-bond donors (Lipinski definition) is 16. The Bertz CT molecular complexity index is 1740. The molecule has 30 heteroatoms. The number of ether oxygens (including phenoxy) is 4. The van der Waals surface area contributed by atoms with E-state index in [9.17, 15) is 80.5 Å². The average molecular weight is 893 g/mol. The van der Waals surface area contributed by atoms with Crippen molar-refractivity contribution in [3.8, 4) is 0 Å². The summed E-state index contributed by atoms with van der Waals surface area (Å²) in [4.78, 5) is 50.1. The summed E-state index contributed by atoms with van der Waals surface area (Å²) in [7, 11) is 0. The quantitative estimate of drug-likeness (QED) is 0.0744. The average Bonchev–Trinajstić information content (AvgIpc) is 4.10. The van der Waals surface area contributed by atoms with E-state index in [1.165, 1.54) is 21.8 Å². The summed E-state index contributed by atoms with van der Waals surface area (Å²) in [6.45, 7) is -1.98. The zero-order valence-corrected chi connectivity index (χ0v) is 32.1. The monoisotopic (exact) mass is 892 g/mol. The van der Waals surface area contributed by atoms with Crippen LogP contribution in [0.2, 0.25) is 0 Å². The first kappa shape index (κ1) is 47.0. The van der Waals surface area contributed by atoms with E-state index >= 15 is 0 Å². The van der Waals surface area contributed by atoms with Gasteiger partial charge in [0.25, 0.3) is 23.6 Å². The summed E-state index contributed by atoms with van der Waals surface area (Å²) in [6, 6.07) is -1.01. The lowest BCUT2D eigenvalue weighted by Crippen LogP contribution is -2.64. The van der Waals surface area contributed by atoms with E-state index in [0.29, 0.717) is 0 Å². The van der Waals surface area contributed by atoms with E-state index < -0.39 is 147 Å². The highest BCUT2D eigenvalue weighted by Gasteiger charge is 2.51. The highest BCUT2D eigenvalue weighted by molar-refractivity contribution is 5.91. The standard InChI is InChI=1S/C32H48N10O20/c43-5-13-15(45)17(47)23(53)31(61-13)35-29(57)21(51)19(49)27(55)33-1-9-3-41(39-37-9)11-7-59-26-12(8-60-25(11)26)42-4-10(38-40-42)2-34-28(56)20(50)22(52)30(58)36-32-24(54)18(48)16(46)14(6-44)62-32/h3-4,11-26,31-32,43-54H,1-2,5-8H2,(H,33,55)(H,34,56)(H,35,57)(H,36,58)/t11-,12-,13+,14+,15-,16-,17-,18-,19+,20+,21+,22+,23+,24+,25+,26+,31+,32+/m0/s1. The number of fused-ring (bicyclic) bond motifs is 1. The van der Waals surface area contributed by atoms with Crippen LogP contribution in [0.25, 0.3) is 0 Å². The van der Waals surface area contributed by atoms with E-state index in [1.54, 1.807) is 0 Å². The first-order valence-corrected chi connectivity index (χ1v) is 19.0. The van der Waals surface area contributed by atoms with Gasteiger partial charge in [-0.25, -0.2) is 9.36 Å². The molecule has 0 radical (unpaired) electrons. The van der Waals surface area contributed by atoms with Crippen molar-refractivity contribution in [1.82, 2.24) is 51.3 Å². The molecule has 18 atom stereocenters. The van der Waals surface area contributed by atoms with Gasteiger partial charge >= 0.3 is 0 Å². The minimum absolute atomic E-state index is 0.108. The van der Waals surface area contributed by atoms with E-state index in [1.807, 2.05) is 10.6 Å². The van der Waals surface area contributed by atoms with Crippen LogP contribution in [0.3, 0.4) is 0 Å². The van der Waals surface area contributed by atoms with Crippen molar-refractivity contribution in [2.75, 3.05) is 26.4 Å². The second kappa shape index (κ2) is 19.9. The zero-order valence-electron chi connectivity index (χ0n) is 32.1. The number of aromatic nitrogens is 6. The molecule has 0 aromatic carbocycles. The van der Waals surface area contributed by atoms with Crippen molar-refractivity contribution in [2.45, 2.75) is 123 Å². The van der Waals surface area contributed by atoms with Crippen LogP contribution in [-0.4, -0.2) is 239 Å². The van der Waals surface area contributed by atoms with Crippen LogP contribution >= 0.6 is 0 Å². The molecular formula is C32H48N10O20. The number of carbonyl (C=O) groups is 4. The van der Waals surface area contributed by atoms with Crippen molar-refractivity contribution in [3.05, 3.63) is 23.8 Å². The van der Waals surface area contributed by atoms with Gasteiger partial charge in [-0.3, -0.25) is 19.2 Å². The normalized spacial score (nSPS) is 35.3. The molecule has 0 spiro atoms. The van der Waals surface area contributed by atoms with Crippen LogP contribution in [0.5, 0.6) is 0 Å². The molecule has 6 rings (SSSR count). The lowest BCUT2D eigenvalue weighted by atomic mass is 9.98. The molecule has 0 saturated carbocycles. The molecule has 0 unspecified atom stereocenters. The fourth-order valence-electron chi connectivity index (χ4n) is 7.06. The Morgan fingerprint density at radius 2 is 0.935 bits per heavy atom. The Labute approximate surface area is 347 Å². The highest BCUT2D eigenvalue weighted by Crippen LogP contribution is 2.39. The number of rotatable bonds is 16. The van der Waals surface area contributed by atoms with Crippen LogP contribution < -0.4 is 21.3 Å². The molecule has 4 amide bonds. The zero-order chi connectivity index (χ0) is 45.2. The van der Waals surface area contributed by atoms with Crippen molar-refractivity contribution < 1.29 is 99.4 Å². The van der Waals surface area contributed by atoms with Crippen LogP contribution in [0.15, 0.2) is 12.4 Å². The van der Waals surface area contributed by atoms with Crippen molar-refractivity contribution in [3.63, 3.8) is 0 Å². The largest absolute Gasteiger partial charge is 0.394 e. The summed E-state index contributed by atoms with van der Waals surface area (Å²) < 4.78 is 25.1. The summed E-state index contributed by atoms with van der Waals surface area (Å²) in [5.41, 5.74) is 0.387. The topological polar surface area (TPSA) is 458 Å². The van der Waals surface area contributed by atoms with Crippen molar-refractivity contribution >= 4 is 23.6 Å². The molecule has 4 aliphatic heterocycles. The third-order valence-electron chi connectivity index (χ3n) is 10.7. The first-order chi connectivity index (χ1) is 29.4. The summed E-state index contributed by atoms with van der Waals surface area (Å²) in [6.07, 6.45) is -24.6. The minimum Gasteiger partial charge on any atom is -0.394 e. The molecule has 6 heterocycles. The summed E-state index contributed by atoms with van der Waals surface area (Å²) in [5.74, 6) is -5.14. The maximum absolute atomic E-state index is 12.6. The van der Waals surface area contributed by atoms with Gasteiger partial charge in [-0.15, -0.1) is 10.2 Å². The van der Waals surface area contributed by atoms with Crippen LogP contribution in [0.4, 0.5) is 0 Å². The maximum Gasteiger partial charge on any atom is 0.254 e. The Morgan fingerprint density at radius 3 is 1.29 bits per heavy atom. The molecular weight excluding hydrogens is 844 g/mol. The third-order valence-corrected chi connectivity index (χ3v) is 10.7. The number of hydrogen-bond acceptors (Lipinski definition) is 24. The molecule has 346 valence electrons. The van der Waals surface area contributed by atoms with Gasteiger partial charge in [0, 0.05) is 0 Å². The smallest absolute Gasteiger partial charge is 0.254 e. The minimum atomic E-state index is -2.37. The number of amides is 4. The van der Waals surface area contributed by atoms with E-state index in [-0.39, 0.29) is 37.7 Å². The van der Waals surface area contributed by atoms with E-state index in [4.69, 9.17) is 18.9 Å². The second-order valence-electron chi connectivity index (χ2n) is 14.8. The van der Waals surface area contributed by atoms with Gasteiger partial charge in [0.05, 0.1) is 51.9 Å². The third kappa shape index (κ3) is 9.84. The number of aliphatic hydroxyl groups excluding tert-OH is 12. The molecule has 4 aliphatic rings. The number of nitrogens with one attached hydrogen (secondary N) is 4. The summed E-state index contributed by atoms with van der Waals surface area (Å²) >= 11 is 0. The van der Waals surface area contributed by atoms with Gasteiger partial charge in [0.2, 0.25) is 0 Å². The Balaban J connectivity index is 0.942. The molecule has 0 aliphatic carbocycles. The molecule has 30 nitrogen and oxygen atoms in total. The van der Waals surface area contributed by atoms with Crippen LogP contribution in [0, 0.1) is 0 Å². The van der Waals surface area contributed by atoms with Gasteiger partial charge in [-0.05, 0) is 0 Å². The van der Waals surface area contributed by atoms with Crippen molar-refractivity contribution in [1.29, 1.82) is 0 Å². The Hall–Kier alpha value is -4.48. The van der Waals surface area contributed by atoms with Crippen LogP contribution in [-0.2, 0) is 51.2 Å². The van der Waals surface area contributed by atoms with Gasteiger partial charge in [-0.2, -0.15) is 0 Å². The van der Waals surface area contributed by atoms with Crippen LogP contribution in [0.1, 0.15) is 23.5 Å². The van der Waals surface area contributed by atoms with Gasteiger partial charge < -0.3 is 101 Å². The number of carbonyl (C=O) groups excluding carboxylic acids is 4. The van der Waals surface area contributed by atoms with Gasteiger partial charge in [-0.1, -0.05) is 10.4 Å². The number of aliphatic hydroxyl groups is 12. The molecule has 4 fully saturated rings. The maximum atomic E-state index is 12.6. The second-order valence-corrected chi connectivity index (χ2v) is 14.8. The lowest BCUT2D eigenvalue weighted by molar-refractivity contribution is -0.236. The van der Waals surface area contributed by atoms with E-state index in [2.05, 4.69) is 31.3 Å². The fraction of sp³-hybridized carbons (Fsp3) is 0.750. The van der Waals surface area contributed by atoms with Crippen molar-refractivity contribution in [2.24, 2.45) is 0 Å². The molecule has 2 aromatic heterocycles. The van der Waals surface area contributed by atoms with E-state index in [0.717, 1.165) is 0 Å². The molecule has 4 saturated heterocycles. The Morgan fingerprint density at radius 1 is 0.581 bits per heavy atom. The fourth-order valence-corrected chi connectivity index (χ4v) is 7.06.